The van der Waals surface area contributed by atoms with Gasteiger partial charge in [0.15, 0.2) is 0 Å². The summed E-state index contributed by atoms with van der Waals surface area (Å²) >= 11 is 15.6. The highest BCUT2D eigenvalue weighted by atomic mass is 127. The lowest BCUT2D eigenvalue weighted by molar-refractivity contribution is 0.0955. The van der Waals surface area contributed by atoms with Gasteiger partial charge < -0.3 is 10.4 Å². The first-order valence-corrected chi connectivity index (χ1v) is 8.66. The molecule has 0 atom stereocenters. The minimum atomic E-state index is -0.170. The number of hydrogen-bond donors (Lipinski definition) is 2. The summed E-state index contributed by atoms with van der Waals surface area (Å²) in [5.41, 5.74) is 0.499. The molecule has 0 saturated carbocycles. The summed E-state index contributed by atoms with van der Waals surface area (Å²) in [6.07, 6.45) is 0.778. The molecule has 0 aliphatic carbocycles. The highest BCUT2D eigenvalue weighted by molar-refractivity contribution is 14.1. The van der Waals surface area contributed by atoms with Crippen LogP contribution in [-0.2, 0) is 0 Å². The molecule has 1 aromatic rings. The average molecular weight is 434 g/mol. The zero-order valence-electron chi connectivity index (χ0n) is 10.1. The van der Waals surface area contributed by atoms with Crippen molar-refractivity contribution in [2.75, 3.05) is 24.7 Å². The zero-order chi connectivity index (χ0) is 14.3. The van der Waals surface area contributed by atoms with Crippen molar-refractivity contribution in [2.24, 2.45) is 0 Å². The Kier molecular flexibility index (Phi) is 8.48. The van der Waals surface area contributed by atoms with Gasteiger partial charge in [0.1, 0.15) is 0 Å². The second-order valence-corrected chi connectivity index (χ2v) is 6.84. The molecule has 0 radical (unpaired) electrons. The standard InChI is InChI=1S/C12H14Cl2INO2S/c13-8-6-9(11(15)10(14)7-8)12(18)16-2-5-19-4-1-3-17/h6-7,17H,1-5H2,(H,16,18). The molecule has 0 spiro atoms. The van der Waals surface area contributed by atoms with Crippen molar-refractivity contribution in [2.45, 2.75) is 6.42 Å². The van der Waals surface area contributed by atoms with Gasteiger partial charge >= 0.3 is 0 Å². The lowest BCUT2D eigenvalue weighted by Crippen LogP contribution is -2.26. The van der Waals surface area contributed by atoms with Gasteiger partial charge in [0.25, 0.3) is 5.91 Å². The molecule has 0 heterocycles. The van der Waals surface area contributed by atoms with E-state index in [4.69, 9.17) is 28.3 Å². The molecule has 0 unspecified atom stereocenters. The van der Waals surface area contributed by atoms with E-state index >= 15 is 0 Å². The monoisotopic (exact) mass is 433 g/mol. The van der Waals surface area contributed by atoms with Gasteiger partial charge in [-0.3, -0.25) is 4.79 Å². The quantitative estimate of drug-likeness (QED) is 0.393. The molecule has 7 heteroatoms. The van der Waals surface area contributed by atoms with Gasteiger partial charge in [0.2, 0.25) is 0 Å². The van der Waals surface area contributed by atoms with Crippen LogP contribution >= 0.6 is 57.6 Å². The maximum Gasteiger partial charge on any atom is 0.252 e. The fourth-order valence-corrected chi connectivity index (χ4v) is 3.16. The van der Waals surface area contributed by atoms with Crippen LogP contribution in [0.4, 0.5) is 0 Å². The highest BCUT2D eigenvalue weighted by Gasteiger charge is 2.13. The number of nitrogens with one attached hydrogen (secondary N) is 1. The Morgan fingerprint density at radius 1 is 1.37 bits per heavy atom. The number of halogens is 3. The van der Waals surface area contributed by atoms with Gasteiger partial charge in [-0.15, -0.1) is 0 Å². The minimum absolute atomic E-state index is 0.170. The first-order chi connectivity index (χ1) is 9.06. The molecule has 3 nitrogen and oxygen atoms in total. The molecular weight excluding hydrogens is 420 g/mol. The van der Waals surface area contributed by atoms with Crippen molar-refractivity contribution in [1.29, 1.82) is 0 Å². The Morgan fingerprint density at radius 3 is 2.79 bits per heavy atom. The van der Waals surface area contributed by atoms with Gasteiger partial charge in [-0.2, -0.15) is 11.8 Å². The van der Waals surface area contributed by atoms with E-state index in [1.165, 1.54) is 0 Å². The number of thioether (sulfide) groups is 1. The Morgan fingerprint density at radius 2 is 2.11 bits per heavy atom. The van der Waals surface area contributed by atoms with Crippen LogP contribution in [0.15, 0.2) is 12.1 Å². The van der Waals surface area contributed by atoms with E-state index in [-0.39, 0.29) is 12.5 Å². The van der Waals surface area contributed by atoms with E-state index in [0.717, 1.165) is 17.9 Å². The van der Waals surface area contributed by atoms with Crippen molar-refractivity contribution in [3.63, 3.8) is 0 Å². The van der Waals surface area contributed by atoms with Crippen molar-refractivity contribution in [1.82, 2.24) is 5.32 Å². The SMILES string of the molecule is O=C(NCCSCCCO)c1cc(Cl)cc(Cl)c1I. The molecular formula is C12H14Cl2INO2S. The topological polar surface area (TPSA) is 49.3 Å². The third-order valence-electron chi connectivity index (χ3n) is 2.22. The maximum atomic E-state index is 12.0. The Balaban J connectivity index is 2.46. The van der Waals surface area contributed by atoms with E-state index in [9.17, 15) is 4.79 Å². The summed E-state index contributed by atoms with van der Waals surface area (Å²) in [7, 11) is 0. The normalized spacial score (nSPS) is 10.5. The van der Waals surface area contributed by atoms with Gasteiger partial charge in [-0.25, -0.2) is 0 Å². The second-order valence-electron chi connectivity index (χ2n) is 3.69. The fourth-order valence-electron chi connectivity index (χ4n) is 1.32. The molecule has 1 aromatic carbocycles. The van der Waals surface area contributed by atoms with Gasteiger partial charge in [0.05, 0.1) is 10.6 Å². The number of amides is 1. The van der Waals surface area contributed by atoms with Crippen LogP contribution in [0.5, 0.6) is 0 Å². The van der Waals surface area contributed by atoms with Crippen LogP contribution in [0.2, 0.25) is 10.0 Å². The summed E-state index contributed by atoms with van der Waals surface area (Å²) in [5.74, 6) is 1.54. The van der Waals surface area contributed by atoms with Crippen LogP contribution < -0.4 is 5.32 Å². The lowest BCUT2D eigenvalue weighted by Gasteiger charge is -2.08. The first-order valence-electron chi connectivity index (χ1n) is 5.67. The third kappa shape index (κ3) is 6.08. The summed E-state index contributed by atoms with van der Waals surface area (Å²) in [5, 5.41) is 12.4. The van der Waals surface area contributed by atoms with Crippen molar-refractivity contribution in [3.05, 3.63) is 31.3 Å². The number of aliphatic hydroxyl groups is 1. The molecule has 0 aromatic heterocycles. The number of carbonyl (C=O) groups excluding carboxylic acids is 1. The predicted molar refractivity (Wildman–Crippen MR) is 90.5 cm³/mol. The van der Waals surface area contributed by atoms with Crippen LogP contribution in [0, 0.1) is 3.57 Å². The molecule has 1 rings (SSSR count). The van der Waals surface area contributed by atoms with Gasteiger partial charge in [0, 0.05) is 27.5 Å². The molecule has 0 saturated heterocycles. The number of benzene rings is 1. The summed E-state index contributed by atoms with van der Waals surface area (Å²) in [6, 6.07) is 3.23. The smallest absolute Gasteiger partial charge is 0.252 e. The van der Waals surface area contributed by atoms with E-state index in [1.807, 2.05) is 22.6 Å². The fraction of sp³-hybridized carbons (Fsp3) is 0.417. The van der Waals surface area contributed by atoms with Crippen LogP contribution in [0.3, 0.4) is 0 Å². The Hall–Kier alpha value is 0.310. The summed E-state index contributed by atoms with van der Waals surface area (Å²) in [4.78, 5) is 12.0. The predicted octanol–water partition coefficient (Wildman–Crippen LogP) is 3.44. The van der Waals surface area contributed by atoms with Crippen LogP contribution in [-0.4, -0.2) is 35.7 Å². The molecule has 0 aliphatic heterocycles. The molecule has 2 N–H and O–H groups in total. The molecule has 0 aliphatic rings. The molecule has 106 valence electrons. The van der Waals surface area contributed by atoms with E-state index < -0.39 is 0 Å². The molecule has 0 fully saturated rings. The van der Waals surface area contributed by atoms with E-state index in [0.29, 0.717) is 25.7 Å². The van der Waals surface area contributed by atoms with Gasteiger partial charge in [-0.05, 0) is 46.9 Å². The number of aliphatic hydroxyl groups excluding tert-OH is 1. The first kappa shape index (κ1) is 17.4. The van der Waals surface area contributed by atoms with Crippen molar-refractivity contribution >= 4 is 63.5 Å². The van der Waals surface area contributed by atoms with E-state index in [2.05, 4.69) is 5.32 Å². The van der Waals surface area contributed by atoms with Crippen molar-refractivity contribution < 1.29 is 9.90 Å². The number of hydrogen-bond acceptors (Lipinski definition) is 3. The molecule has 1 amide bonds. The number of carbonyl (C=O) groups is 1. The Bertz CT molecular complexity index is 446. The Labute approximate surface area is 140 Å². The summed E-state index contributed by atoms with van der Waals surface area (Å²) in [6.45, 7) is 0.785. The summed E-state index contributed by atoms with van der Waals surface area (Å²) < 4.78 is 0.703. The minimum Gasteiger partial charge on any atom is -0.396 e. The van der Waals surface area contributed by atoms with Gasteiger partial charge in [-0.1, -0.05) is 23.2 Å². The van der Waals surface area contributed by atoms with Crippen LogP contribution in [0.1, 0.15) is 16.8 Å². The zero-order valence-corrected chi connectivity index (χ0v) is 14.6. The third-order valence-corrected chi connectivity index (χ3v) is 5.28. The van der Waals surface area contributed by atoms with Crippen molar-refractivity contribution in [3.8, 4) is 0 Å². The highest BCUT2D eigenvalue weighted by Crippen LogP contribution is 2.26. The average Bonchev–Trinajstić information content (AvgIpc) is 2.37. The van der Waals surface area contributed by atoms with Crippen LogP contribution in [0.25, 0.3) is 0 Å². The molecule has 0 bridgehead atoms. The number of rotatable bonds is 7. The maximum absolute atomic E-state index is 12.0. The molecule has 19 heavy (non-hydrogen) atoms. The lowest BCUT2D eigenvalue weighted by atomic mass is 10.2. The second kappa shape index (κ2) is 9.28. The van der Waals surface area contributed by atoms with E-state index in [1.54, 1.807) is 23.9 Å². The largest absolute Gasteiger partial charge is 0.396 e.